The minimum Gasteiger partial charge on any atom is -0.497 e. The van der Waals surface area contributed by atoms with Crippen LogP contribution in [0.25, 0.3) is 0 Å². The van der Waals surface area contributed by atoms with Crippen molar-refractivity contribution in [2.45, 2.75) is 64.6 Å². The minimum atomic E-state index is -4.26. The molecule has 0 aliphatic carbocycles. The Morgan fingerprint density at radius 1 is 0.905 bits per heavy atom. The van der Waals surface area contributed by atoms with Crippen LogP contribution in [0, 0.1) is 13.8 Å². The van der Waals surface area contributed by atoms with Crippen molar-refractivity contribution in [3.05, 3.63) is 83.4 Å². The molecule has 0 aromatic heterocycles. The number of sulfonamides is 1. The molecule has 1 N–H and O–H groups in total. The highest BCUT2D eigenvalue weighted by Gasteiger charge is 2.34. The molecule has 3 aromatic rings. The molecule has 0 saturated heterocycles. The van der Waals surface area contributed by atoms with Gasteiger partial charge in [-0.2, -0.15) is 0 Å². The van der Waals surface area contributed by atoms with Gasteiger partial charge in [0.2, 0.25) is 11.8 Å². The molecule has 9 nitrogen and oxygen atoms in total. The summed E-state index contributed by atoms with van der Waals surface area (Å²) in [6.45, 7) is 8.84. The predicted octanol–water partition coefficient (Wildman–Crippen LogP) is 4.85. The van der Waals surface area contributed by atoms with E-state index in [0.717, 1.165) is 27.4 Å². The number of carbonyl (C=O) groups excluding carboxylic acids is 2. The molecule has 0 radical (unpaired) electrons. The van der Waals surface area contributed by atoms with Crippen molar-refractivity contribution in [1.29, 1.82) is 0 Å². The van der Waals surface area contributed by atoms with E-state index in [1.54, 1.807) is 31.2 Å². The smallest absolute Gasteiger partial charge is 0.264 e. The Labute approximate surface area is 249 Å². The maximum atomic E-state index is 14.2. The van der Waals surface area contributed by atoms with Crippen molar-refractivity contribution in [2.24, 2.45) is 0 Å². The lowest BCUT2D eigenvalue weighted by molar-refractivity contribution is -0.139. The van der Waals surface area contributed by atoms with Gasteiger partial charge in [0, 0.05) is 18.7 Å². The maximum absolute atomic E-state index is 14.2. The van der Waals surface area contributed by atoms with E-state index >= 15 is 0 Å². The number of nitrogens with one attached hydrogen (secondary N) is 1. The molecule has 2 amide bonds. The number of anilines is 1. The van der Waals surface area contributed by atoms with E-state index in [9.17, 15) is 18.0 Å². The number of hydrogen-bond acceptors (Lipinski definition) is 6. The normalized spacial score (nSPS) is 12.6. The summed E-state index contributed by atoms with van der Waals surface area (Å²) in [7, 11) is -1.36. The number of methoxy groups -OCH3 is 2. The molecule has 226 valence electrons. The molecule has 3 rings (SSSR count). The molecule has 10 heteroatoms. The third-order valence-electron chi connectivity index (χ3n) is 7.15. The van der Waals surface area contributed by atoms with E-state index in [2.05, 4.69) is 5.32 Å². The Morgan fingerprint density at radius 2 is 1.60 bits per heavy atom. The van der Waals surface area contributed by atoms with Gasteiger partial charge in [0.05, 0.1) is 24.8 Å². The quantitative estimate of drug-likeness (QED) is 0.303. The number of carbonyl (C=O) groups is 2. The number of ether oxygens (including phenoxy) is 2. The minimum absolute atomic E-state index is 0.0126. The third-order valence-corrected chi connectivity index (χ3v) is 8.92. The highest BCUT2D eigenvalue weighted by molar-refractivity contribution is 7.92. The van der Waals surface area contributed by atoms with Crippen LogP contribution in [0.5, 0.6) is 11.5 Å². The van der Waals surface area contributed by atoms with Gasteiger partial charge in [-0.25, -0.2) is 8.42 Å². The molecule has 0 aliphatic rings. The molecule has 0 saturated carbocycles. The maximum Gasteiger partial charge on any atom is 0.264 e. The van der Waals surface area contributed by atoms with Gasteiger partial charge in [-0.3, -0.25) is 13.9 Å². The Kier molecular flexibility index (Phi) is 11.0. The van der Waals surface area contributed by atoms with Gasteiger partial charge in [0.1, 0.15) is 24.1 Å². The Morgan fingerprint density at radius 3 is 2.19 bits per heavy atom. The van der Waals surface area contributed by atoms with Crippen molar-refractivity contribution >= 4 is 27.5 Å². The van der Waals surface area contributed by atoms with E-state index in [0.29, 0.717) is 5.75 Å². The average molecular weight is 596 g/mol. The van der Waals surface area contributed by atoms with Crippen LogP contribution in [0.3, 0.4) is 0 Å². The van der Waals surface area contributed by atoms with Crippen molar-refractivity contribution < 1.29 is 27.5 Å². The molecule has 0 spiro atoms. The van der Waals surface area contributed by atoms with Crippen LogP contribution in [-0.2, 0) is 26.2 Å². The van der Waals surface area contributed by atoms with Gasteiger partial charge in [0.25, 0.3) is 10.0 Å². The number of amides is 2. The largest absolute Gasteiger partial charge is 0.497 e. The van der Waals surface area contributed by atoms with Crippen LogP contribution in [0.2, 0.25) is 0 Å². The second-order valence-electron chi connectivity index (χ2n) is 10.4. The fraction of sp³-hybridized carbons (Fsp3) is 0.375. The SMILES string of the molecule is CCC(C)NC(=O)C(C)N(Cc1cccc(C)c1)C(=O)CN(c1cc(OC)ccc1OC)S(=O)(=O)c1ccc(C)cc1. The van der Waals surface area contributed by atoms with Crippen LogP contribution in [-0.4, -0.2) is 58.0 Å². The Hall–Kier alpha value is -4.05. The highest BCUT2D eigenvalue weighted by atomic mass is 32.2. The van der Waals surface area contributed by atoms with Crippen molar-refractivity contribution in [3.63, 3.8) is 0 Å². The molecule has 0 fully saturated rings. The van der Waals surface area contributed by atoms with Crippen LogP contribution in [0.4, 0.5) is 5.69 Å². The summed E-state index contributed by atoms with van der Waals surface area (Å²) in [6.07, 6.45) is 0.725. The fourth-order valence-corrected chi connectivity index (χ4v) is 5.81. The van der Waals surface area contributed by atoms with Crippen molar-refractivity contribution in [2.75, 3.05) is 25.1 Å². The first kappa shape index (κ1) is 32.5. The van der Waals surface area contributed by atoms with Crippen molar-refractivity contribution in [3.8, 4) is 11.5 Å². The van der Waals surface area contributed by atoms with Crippen LogP contribution < -0.4 is 19.1 Å². The van der Waals surface area contributed by atoms with E-state index in [4.69, 9.17) is 9.47 Å². The molecule has 3 aromatic carbocycles. The highest BCUT2D eigenvalue weighted by Crippen LogP contribution is 2.36. The number of hydrogen-bond donors (Lipinski definition) is 1. The number of rotatable bonds is 13. The lowest BCUT2D eigenvalue weighted by Crippen LogP contribution is -2.52. The molecule has 42 heavy (non-hydrogen) atoms. The molecule has 0 bridgehead atoms. The van der Waals surface area contributed by atoms with Crippen LogP contribution in [0.1, 0.15) is 43.9 Å². The van der Waals surface area contributed by atoms with Gasteiger partial charge in [0.15, 0.2) is 0 Å². The third kappa shape index (κ3) is 7.82. The van der Waals surface area contributed by atoms with Gasteiger partial charge in [-0.05, 0) is 63.9 Å². The van der Waals surface area contributed by atoms with E-state index in [-0.39, 0.29) is 34.8 Å². The lowest BCUT2D eigenvalue weighted by Gasteiger charge is -2.33. The summed E-state index contributed by atoms with van der Waals surface area (Å²) in [5.74, 6) is -0.242. The molecular weight excluding hydrogens is 554 g/mol. The zero-order chi connectivity index (χ0) is 31.0. The summed E-state index contributed by atoms with van der Waals surface area (Å²) in [4.78, 5) is 28.8. The summed E-state index contributed by atoms with van der Waals surface area (Å²) >= 11 is 0. The van der Waals surface area contributed by atoms with Gasteiger partial charge in [-0.1, -0.05) is 54.4 Å². The van der Waals surface area contributed by atoms with Gasteiger partial charge < -0.3 is 19.7 Å². The fourth-order valence-electron chi connectivity index (χ4n) is 4.40. The molecule has 0 aliphatic heterocycles. The van der Waals surface area contributed by atoms with E-state index in [1.165, 1.54) is 37.3 Å². The number of aryl methyl sites for hydroxylation is 2. The Bertz CT molecular complexity index is 1490. The first-order chi connectivity index (χ1) is 19.9. The zero-order valence-electron chi connectivity index (χ0n) is 25.4. The summed E-state index contributed by atoms with van der Waals surface area (Å²) in [5, 5.41) is 2.94. The van der Waals surface area contributed by atoms with Gasteiger partial charge >= 0.3 is 0 Å². The summed E-state index contributed by atoms with van der Waals surface area (Å²) in [5.41, 5.74) is 2.85. The number of nitrogens with zero attached hydrogens (tertiary/aromatic N) is 2. The first-order valence-corrected chi connectivity index (χ1v) is 15.3. The van der Waals surface area contributed by atoms with Gasteiger partial charge in [-0.15, -0.1) is 0 Å². The monoisotopic (exact) mass is 595 g/mol. The van der Waals surface area contributed by atoms with E-state index < -0.39 is 28.5 Å². The zero-order valence-corrected chi connectivity index (χ0v) is 26.2. The summed E-state index contributed by atoms with van der Waals surface area (Å²) in [6, 6.07) is 17.8. The molecule has 0 heterocycles. The number of benzene rings is 3. The van der Waals surface area contributed by atoms with E-state index in [1.807, 2.05) is 52.0 Å². The second kappa shape index (κ2) is 14.2. The topological polar surface area (TPSA) is 105 Å². The first-order valence-electron chi connectivity index (χ1n) is 13.9. The lowest BCUT2D eigenvalue weighted by atomic mass is 10.1. The molecule has 2 atom stereocenters. The Balaban J connectivity index is 2.12. The molecular formula is C32H41N3O6S. The summed E-state index contributed by atoms with van der Waals surface area (Å²) < 4.78 is 40.2. The average Bonchev–Trinajstić information content (AvgIpc) is 2.97. The standard InChI is InChI=1S/C32H41N3O6S/c1-8-24(4)33-32(37)25(5)34(20-26-11-9-10-23(3)18-26)31(36)21-35(29-19-27(40-6)14-17-30(29)41-7)42(38,39)28-15-12-22(2)13-16-28/h9-19,24-25H,8,20-21H2,1-7H3,(H,33,37). The second-order valence-corrected chi connectivity index (χ2v) is 12.2. The van der Waals surface area contributed by atoms with Crippen LogP contribution >= 0.6 is 0 Å². The van der Waals surface area contributed by atoms with Crippen molar-refractivity contribution in [1.82, 2.24) is 10.2 Å². The molecule has 2 unspecified atom stereocenters. The predicted molar refractivity (Wildman–Crippen MR) is 164 cm³/mol. The van der Waals surface area contributed by atoms with Crippen LogP contribution in [0.15, 0.2) is 71.6 Å².